The molecular weight excluding hydrogens is 342 g/mol. The smallest absolute Gasteiger partial charge is 0.279 e. The third kappa shape index (κ3) is 5.08. The number of carbonyl (C=O) groups is 2. The van der Waals surface area contributed by atoms with Gasteiger partial charge in [-0.05, 0) is 24.3 Å². The summed E-state index contributed by atoms with van der Waals surface area (Å²) in [5.74, 6) is -0.0826. The van der Waals surface area contributed by atoms with Gasteiger partial charge in [0.2, 0.25) is 5.91 Å². The van der Waals surface area contributed by atoms with Crippen molar-refractivity contribution in [3.63, 3.8) is 0 Å². The van der Waals surface area contributed by atoms with E-state index in [0.717, 1.165) is 32.4 Å². The molecule has 1 aromatic rings. The predicted octanol–water partition coefficient (Wildman–Crippen LogP) is 0.501. The van der Waals surface area contributed by atoms with Gasteiger partial charge < -0.3 is 20.7 Å². The van der Waals surface area contributed by atoms with Gasteiger partial charge in [0, 0.05) is 25.1 Å². The molecule has 0 spiro atoms. The maximum Gasteiger partial charge on any atom is 0.279 e. The first kappa shape index (κ1) is 19.8. The highest BCUT2D eigenvalue weighted by atomic mass is 16.5. The Kier molecular flexibility index (Phi) is 6.85. The first-order chi connectivity index (χ1) is 13.1. The van der Waals surface area contributed by atoms with Crippen LogP contribution in [0.5, 0.6) is 0 Å². The average molecular weight is 375 g/mol. The molecule has 4 N–H and O–H groups in total. The minimum Gasteiger partial charge on any atom is -0.376 e. The lowest BCUT2D eigenvalue weighted by Crippen LogP contribution is -2.93. The number of carbonyl (C=O) groups excluding carboxylic acids is 2. The molecule has 2 amide bonds. The number of amides is 2. The van der Waals surface area contributed by atoms with E-state index in [1.54, 1.807) is 0 Å². The molecule has 0 bridgehead atoms. The second-order valence-electron chi connectivity index (χ2n) is 7.77. The molecule has 4 atom stereocenters. The third-order valence-electron chi connectivity index (χ3n) is 5.84. The SMILES string of the molecule is CC[C@@H](C)[C@H](NC(=O)[C@@H]1Cc2ccccc2C[NH2+]1)C(=O)NC[C@H]1CCCO1. The summed E-state index contributed by atoms with van der Waals surface area (Å²) in [6.45, 7) is 6.14. The molecule has 148 valence electrons. The minimum atomic E-state index is -0.505. The van der Waals surface area contributed by atoms with Gasteiger partial charge in [-0.1, -0.05) is 44.5 Å². The van der Waals surface area contributed by atoms with Crippen LogP contribution in [0.2, 0.25) is 0 Å². The Balaban J connectivity index is 1.58. The summed E-state index contributed by atoms with van der Waals surface area (Å²) < 4.78 is 5.57. The number of quaternary nitrogens is 1. The van der Waals surface area contributed by atoms with Crippen LogP contribution in [-0.2, 0) is 27.3 Å². The third-order valence-corrected chi connectivity index (χ3v) is 5.84. The monoisotopic (exact) mass is 374 g/mol. The van der Waals surface area contributed by atoms with Crippen molar-refractivity contribution in [1.82, 2.24) is 10.6 Å². The van der Waals surface area contributed by atoms with E-state index in [1.807, 2.05) is 26.0 Å². The average Bonchev–Trinajstić information content (AvgIpc) is 3.22. The molecule has 1 fully saturated rings. The fraction of sp³-hybridized carbons (Fsp3) is 0.619. The van der Waals surface area contributed by atoms with E-state index in [0.29, 0.717) is 13.0 Å². The molecule has 0 aliphatic carbocycles. The summed E-state index contributed by atoms with van der Waals surface area (Å²) in [7, 11) is 0. The van der Waals surface area contributed by atoms with E-state index in [2.05, 4.69) is 28.1 Å². The molecule has 3 rings (SSSR count). The Hall–Kier alpha value is -1.92. The lowest BCUT2D eigenvalue weighted by atomic mass is 9.94. The number of benzene rings is 1. The zero-order valence-corrected chi connectivity index (χ0v) is 16.4. The van der Waals surface area contributed by atoms with Crippen LogP contribution in [0, 0.1) is 5.92 Å². The number of fused-ring (bicyclic) bond motifs is 1. The fourth-order valence-corrected chi connectivity index (χ4v) is 3.84. The van der Waals surface area contributed by atoms with E-state index in [4.69, 9.17) is 4.74 Å². The van der Waals surface area contributed by atoms with Crippen LogP contribution < -0.4 is 16.0 Å². The molecule has 27 heavy (non-hydrogen) atoms. The maximum atomic E-state index is 12.9. The molecule has 2 aliphatic rings. The quantitative estimate of drug-likeness (QED) is 0.650. The molecule has 2 heterocycles. The highest BCUT2D eigenvalue weighted by Gasteiger charge is 2.33. The van der Waals surface area contributed by atoms with Crippen LogP contribution >= 0.6 is 0 Å². The number of rotatable bonds is 7. The van der Waals surface area contributed by atoms with Gasteiger partial charge in [0.1, 0.15) is 12.6 Å². The van der Waals surface area contributed by atoms with Gasteiger partial charge in [0.25, 0.3) is 5.91 Å². The first-order valence-corrected chi connectivity index (χ1v) is 10.2. The van der Waals surface area contributed by atoms with Crippen LogP contribution in [0.25, 0.3) is 0 Å². The fourth-order valence-electron chi connectivity index (χ4n) is 3.84. The van der Waals surface area contributed by atoms with Crippen molar-refractivity contribution < 1.29 is 19.6 Å². The summed E-state index contributed by atoms with van der Waals surface area (Å²) in [6.07, 6.45) is 3.66. The Morgan fingerprint density at radius 3 is 2.78 bits per heavy atom. The minimum absolute atomic E-state index is 0.0536. The highest BCUT2D eigenvalue weighted by molar-refractivity contribution is 5.89. The Bertz CT molecular complexity index is 658. The van der Waals surface area contributed by atoms with Gasteiger partial charge in [0.05, 0.1) is 6.10 Å². The van der Waals surface area contributed by atoms with Crippen LogP contribution in [0.15, 0.2) is 24.3 Å². The lowest BCUT2D eigenvalue weighted by molar-refractivity contribution is -0.695. The van der Waals surface area contributed by atoms with Gasteiger partial charge in [-0.3, -0.25) is 9.59 Å². The zero-order valence-electron chi connectivity index (χ0n) is 16.4. The predicted molar refractivity (Wildman–Crippen MR) is 103 cm³/mol. The summed E-state index contributed by atoms with van der Waals surface area (Å²) in [5.41, 5.74) is 2.51. The highest BCUT2D eigenvalue weighted by Crippen LogP contribution is 2.14. The van der Waals surface area contributed by atoms with E-state index >= 15 is 0 Å². The van der Waals surface area contributed by atoms with Gasteiger partial charge in [0.15, 0.2) is 6.04 Å². The standard InChI is InChI=1S/C21H31N3O3/c1-3-14(2)19(21(26)23-13-17-9-6-10-27-17)24-20(25)18-11-15-7-4-5-8-16(15)12-22-18/h4-5,7-8,14,17-19,22H,3,6,9-13H2,1-2H3,(H,23,26)(H,24,25)/p+1/t14-,17-,18+,19+/m1/s1. The summed E-state index contributed by atoms with van der Waals surface area (Å²) in [4.78, 5) is 25.6. The Morgan fingerprint density at radius 1 is 1.30 bits per heavy atom. The summed E-state index contributed by atoms with van der Waals surface area (Å²) in [5, 5.41) is 8.06. The number of nitrogens with two attached hydrogens (primary N) is 1. The molecule has 0 unspecified atom stereocenters. The van der Waals surface area contributed by atoms with Crippen molar-refractivity contribution in [1.29, 1.82) is 0 Å². The molecule has 2 aliphatic heterocycles. The van der Waals surface area contributed by atoms with Gasteiger partial charge in [-0.2, -0.15) is 0 Å². The molecular formula is C21H32N3O3+. The maximum absolute atomic E-state index is 12.9. The van der Waals surface area contributed by atoms with E-state index in [9.17, 15) is 9.59 Å². The molecule has 0 aromatic heterocycles. The van der Waals surface area contributed by atoms with Gasteiger partial charge in [-0.25, -0.2) is 0 Å². The lowest BCUT2D eigenvalue weighted by Gasteiger charge is -2.27. The van der Waals surface area contributed by atoms with Crippen LogP contribution in [-0.4, -0.2) is 43.2 Å². The van der Waals surface area contributed by atoms with Crippen molar-refractivity contribution in [3.05, 3.63) is 35.4 Å². The number of hydrogen-bond acceptors (Lipinski definition) is 3. The Morgan fingerprint density at radius 2 is 2.07 bits per heavy atom. The molecule has 6 nitrogen and oxygen atoms in total. The number of nitrogens with one attached hydrogen (secondary N) is 2. The molecule has 6 heteroatoms. The second-order valence-corrected chi connectivity index (χ2v) is 7.77. The van der Waals surface area contributed by atoms with Crippen LogP contribution in [0.3, 0.4) is 0 Å². The van der Waals surface area contributed by atoms with Gasteiger partial charge in [-0.15, -0.1) is 0 Å². The van der Waals surface area contributed by atoms with Gasteiger partial charge >= 0.3 is 0 Å². The summed E-state index contributed by atoms with van der Waals surface area (Å²) >= 11 is 0. The van der Waals surface area contributed by atoms with Crippen molar-refractivity contribution in [2.45, 2.75) is 64.3 Å². The molecule has 0 saturated carbocycles. The van der Waals surface area contributed by atoms with Crippen LogP contribution in [0.4, 0.5) is 0 Å². The van der Waals surface area contributed by atoms with Crippen molar-refractivity contribution in [3.8, 4) is 0 Å². The van der Waals surface area contributed by atoms with E-state index in [-0.39, 0.29) is 29.9 Å². The summed E-state index contributed by atoms with van der Waals surface area (Å²) in [6, 6.07) is 7.56. The van der Waals surface area contributed by atoms with Crippen LogP contribution in [0.1, 0.15) is 44.2 Å². The van der Waals surface area contributed by atoms with E-state index in [1.165, 1.54) is 11.1 Å². The number of ether oxygens (including phenoxy) is 1. The van der Waals surface area contributed by atoms with E-state index < -0.39 is 6.04 Å². The molecule has 0 radical (unpaired) electrons. The topological polar surface area (TPSA) is 84.0 Å². The Labute approximate surface area is 161 Å². The second kappa shape index (κ2) is 9.33. The zero-order chi connectivity index (χ0) is 19.2. The molecule has 1 aromatic carbocycles. The van der Waals surface area contributed by atoms with Crippen molar-refractivity contribution >= 4 is 11.8 Å². The van der Waals surface area contributed by atoms with Crippen molar-refractivity contribution in [2.75, 3.05) is 13.2 Å². The largest absolute Gasteiger partial charge is 0.376 e. The molecule has 1 saturated heterocycles. The first-order valence-electron chi connectivity index (χ1n) is 10.2. The normalized spacial score (nSPS) is 23.9. The number of hydrogen-bond donors (Lipinski definition) is 3. The van der Waals surface area contributed by atoms with Crippen molar-refractivity contribution in [2.24, 2.45) is 5.92 Å².